The van der Waals surface area contributed by atoms with E-state index in [1.807, 2.05) is 37.3 Å². The Morgan fingerprint density at radius 1 is 1.35 bits per heavy atom. The second-order valence-electron chi connectivity index (χ2n) is 5.09. The van der Waals surface area contributed by atoms with E-state index in [9.17, 15) is 5.26 Å². The van der Waals surface area contributed by atoms with Crippen LogP contribution in [0.3, 0.4) is 0 Å². The van der Waals surface area contributed by atoms with E-state index >= 15 is 0 Å². The van der Waals surface area contributed by atoms with Crippen LogP contribution < -0.4 is 15.5 Å². The van der Waals surface area contributed by atoms with Crippen molar-refractivity contribution >= 4 is 68.7 Å². The van der Waals surface area contributed by atoms with Gasteiger partial charge in [-0.3, -0.25) is 5.43 Å². The van der Waals surface area contributed by atoms with E-state index in [4.69, 9.17) is 17.0 Å². The lowest BCUT2D eigenvalue weighted by molar-refractivity contribution is 0.303. The summed E-state index contributed by atoms with van der Waals surface area (Å²) in [6.07, 6.45) is 1.68. The summed E-state index contributed by atoms with van der Waals surface area (Å²) in [6, 6.07) is 13.6. The zero-order chi connectivity index (χ0) is 18.9. The molecule has 2 aromatic carbocycles. The average Bonchev–Trinajstić information content (AvgIpc) is 2.61. The molecule has 26 heavy (non-hydrogen) atoms. The normalized spacial score (nSPS) is 10.4. The van der Waals surface area contributed by atoms with E-state index in [0.717, 1.165) is 30.6 Å². The van der Waals surface area contributed by atoms with Gasteiger partial charge in [-0.25, -0.2) is 0 Å². The molecular formula is C18H16I2N4OS. The summed E-state index contributed by atoms with van der Waals surface area (Å²) in [5, 5.41) is 16.8. The highest BCUT2D eigenvalue weighted by Gasteiger charge is 2.11. The molecule has 0 bridgehead atoms. The minimum absolute atomic E-state index is 0.310. The first-order valence-electron chi connectivity index (χ1n) is 7.72. The first-order chi connectivity index (χ1) is 12.5. The van der Waals surface area contributed by atoms with Gasteiger partial charge in [0.1, 0.15) is 12.4 Å². The molecule has 0 saturated carbocycles. The fourth-order valence-corrected chi connectivity index (χ4v) is 4.34. The van der Waals surface area contributed by atoms with Gasteiger partial charge in [-0.1, -0.05) is 18.2 Å². The summed E-state index contributed by atoms with van der Waals surface area (Å²) in [4.78, 5) is 0. The Kier molecular flexibility index (Phi) is 8.53. The molecule has 0 fully saturated rings. The molecular weight excluding hydrogens is 574 g/mol. The van der Waals surface area contributed by atoms with E-state index < -0.39 is 0 Å². The Labute approximate surface area is 185 Å². The van der Waals surface area contributed by atoms with Gasteiger partial charge >= 0.3 is 0 Å². The summed E-state index contributed by atoms with van der Waals surface area (Å²) in [5.41, 5.74) is 5.07. The van der Waals surface area contributed by atoms with Crippen molar-refractivity contribution in [1.29, 1.82) is 5.26 Å². The molecule has 0 aliphatic rings. The van der Waals surface area contributed by atoms with Gasteiger partial charge in [-0.15, -0.1) is 0 Å². The average molecular weight is 590 g/mol. The Morgan fingerprint density at radius 2 is 2.12 bits per heavy atom. The van der Waals surface area contributed by atoms with Crippen molar-refractivity contribution < 1.29 is 4.74 Å². The van der Waals surface area contributed by atoms with Gasteiger partial charge in [0.05, 0.1) is 21.4 Å². The number of hydrogen-bond acceptors (Lipinski definition) is 4. The van der Waals surface area contributed by atoms with Crippen LogP contribution in [0.25, 0.3) is 0 Å². The number of rotatable bonds is 6. The van der Waals surface area contributed by atoms with Crippen LogP contribution in [0.5, 0.6) is 5.75 Å². The first-order valence-corrected chi connectivity index (χ1v) is 10.3. The highest BCUT2D eigenvalue weighted by Crippen LogP contribution is 2.28. The SMILES string of the molecule is CCNC(=S)N/N=C\c1cc(I)cc(I)c1OCc1ccccc1C#N. The van der Waals surface area contributed by atoms with Gasteiger partial charge in [-0.2, -0.15) is 10.4 Å². The minimum atomic E-state index is 0.310. The fraction of sp³-hybridized carbons (Fsp3) is 0.167. The smallest absolute Gasteiger partial charge is 0.186 e. The van der Waals surface area contributed by atoms with E-state index in [2.05, 4.69) is 67.1 Å². The molecule has 0 amide bonds. The molecule has 0 saturated heterocycles. The molecule has 0 aromatic heterocycles. The second kappa shape index (κ2) is 10.6. The molecule has 0 aliphatic heterocycles. The van der Waals surface area contributed by atoms with Gasteiger partial charge < -0.3 is 10.1 Å². The number of hydrazone groups is 1. The maximum absolute atomic E-state index is 9.22. The van der Waals surface area contributed by atoms with Crippen molar-refractivity contribution in [2.45, 2.75) is 13.5 Å². The molecule has 0 aliphatic carbocycles. The summed E-state index contributed by atoms with van der Waals surface area (Å²) >= 11 is 9.58. The first kappa shape index (κ1) is 20.9. The topological polar surface area (TPSA) is 69.4 Å². The van der Waals surface area contributed by atoms with Gasteiger partial charge in [0, 0.05) is 21.2 Å². The van der Waals surface area contributed by atoms with Crippen LogP contribution in [0, 0.1) is 18.5 Å². The number of ether oxygens (including phenoxy) is 1. The Bertz CT molecular complexity index is 865. The lowest BCUT2D eigenvalue weighted by Crippen LogP contribution is -2.31. The molecule has 134 valence electrons. The Balaban J connectivity index is 2.20. The standard InChI is InChI=1S/C18H16I2N4OS/c1-2-22-18(26)24-23-10-14-7-15(19)8-16(20)17(14)25-11-13-6-4-3-5-12(13)9-21/h3-8,10H,2,11H2,1H3,(H2,22,24,26)/b23-10-. The number of halogens is 2. The quantitative estimate of drug-likeness (QED) is 0.229. The van der Waals surface area contributed by atoms with E-state index in [-0.39, 0.29) is 0 Å². The second-order valence-corrected chi connectivity index (χ2v) is 7.91. The third-order valence-electron chi connectivity index (χ3n) is 3.25. The minimum Gasteiger partial charge on any atom is -0.487 e. The largest absolute Gasteiger partial charge is 0.487 e. The van der Waals surface area contributed by atoms with Crippen LogP contribution in [0.15, 0.2) is 41.5 Å². The highest BCUT2D eigenvalue weighted by atomic mass is 127. The van der Waals surface area contributed by atoms with Crippen molar-refractivity contribution in [1.82, 2.24) is 10.7 Å². The van der Waals surface area contributed by atoms with Crippen LogP contribution in [0.1, 0.15) is 23.6 Å². The van der Waals surface area contributed by atoms with Gasteiger partial charge in [-0.05, 0) is 82.5 Å². The monoisotopic (exact) mass is 590 g/mol. The fourth-order valence-electron chi connectivity index (χ4n) is 2.09. The molecule has 2 N–H and O–H groups in total. The molecule has 0 atom stereocenters. The van der Waals surface area contributed by atoms with Crippen molar-refractivity contribution in [3.8, 4) is 11.8 Å². The molecule has 0 spiro atoms. The lowest BCUT2D eigenvalue weighted by atomic mass is 10.1. The Hall–Kier alpha value is -1.45. The Morgan fingerprint density at radius 3 is 2.85 bits per heavy atom. The number of nitrogens with one attached hydrogen (secondary N) is 2. The van der Waals surface area contributed by atoms with Crippen molar-refractivity contribution in [3.05, 3.63) is 60.2 Å². The van der Waals surface area contributed by atoms with Crippen LogP contribution >= 0.6 is 57.4 Å². The zero-order valence-corrected chi connectivity index (χ0v) is 19.1. The predicted octanol–water partition coefficient (Wildman–Crippen LogP) is 4.16. The molecule has 0 radical (unpaired) electrons. The molecule has 0 unspecified atom stereocenters. The molecule has 5 nitrogen and oxygen atoms in total. The van der Waals surface area contributed by atoms with Gasteiger partial charge in [0.25, 0.3) is 0 Å². The van der Waals surface area contributed by atoms with Gasteiger partial charge in [0.2, 0.25) is 0 Å². The maximum Gasteiger partial charge on any atom is 0.186 e. The van der Waals surface area contributed by atoms with Gasteiger partial charge in [0.15, 0.2) is 5.11 Å². The molecule has 8 heteroatoms. The zero-order valence-electron chi connectivity index (χ0n) is 13.9. The third-order valence-corrected chi connectivity index (χ3v) is 4.91. The number of benzene rings is 2. The van der Waals surface area contributed by atoms with Crippen molar-refractivity contribution in [2.24, 2.45) is 5.10 Å². The number of nitriles is 1. The van der Waals surface area contributed by atoms with E-state index in [0.29, 0.717) is 17.3 Å². The molecule has 2 rings (SSSR count). The number of nitrogens with zero attached hydrogens (tertiary/aromatic N) is 2. The highest BCUT2D eigenvalue weighted by molar-refractivity contribution is 14.1. The number of hydrogen-bond donors (Lipinski definition) is 2. The van der Waals surface area contributed by atoms with E-state index in [1.54, 1.807) is 12.3 Å². The van der Waals surface area contributed by atoms with Crippen LogP contribution in [0.2, 0.25) is 0 Å². The maximum atomic E-state index is 9.22. The summed E-state index contributed by atoms with van der Waals surface area (Å²) in [6.45, 7) is 3.00. The van der Waals surface area contributed by atoms with Crippen LogP contribution in [0.4, 0.5) is 0 Å². The lowest BCUT2D eigenvalue weighted by Gasteiger charge is -2.13. The summed E-state index contributed by atoms with van der Waals surface area (Å²) < 4.78 is 8.08. The van der Waals surface area contributed by atoms with Crippen LogP contribution in [-0.4, -0.2) is 17.9 Å². The predicted molar refractivity (Wildman–Crippen MR) is 124 cm³/mol. The third kappa shape index (κ3) is 6.07. The summed E-state index contributed by atoms with van der Waals surface area (Å²) in [5.74, 6) is 0.721. The molecule has 0 heterocycles. The molecule has 2 aromatic rings. The number of thiocarbonyl (C=S) groups is 1. The van der Waals surface area contributed by atoms with E-state index in [1.165, 1.54) is 0 Å². The van der Waals surface area contributed by atoms with Crippen LogP contribution in [-0.2, 0) is 6.61 Å². The summed E-state index contributed by atoms with van der Waals surface area (Å²) in [7, 11) is 0. The van der Waals surface area contributed by atoms with Crippen molar-refractivity contribution in [3.63, 3.8) is 0 Å². The van der Waals surface area contributed by atoms with Crippen molar-refractivity contribution in [2.75, 3.05) is 6.54 Å².